The minimum absolute atomic E-state index is 0. The molecule has 0 unspecified atom stereocenters. The van der Waals surface area contributed by atoms with Gasteiger partial charge in [-0.25, -0.2) is 0 Å². The second-order valence-electron chi connectivity index (χ2n) is 6.29. The zero-order valence-corrected chi connectivity index (χ0v) is 14.7. The summed E-state index contributed by atoms with van der Waals surface area (Å²) in [4.78, 5) is 2.71. The number of nitrogens with zero attached hydrogens (tertiary/aromatic N) is 1. The highest BCUT2D eigenvalue weighted by Crippen LogP contribution is 2.41. The van der Waals surface area contributed by atoms with E-state index in [1.165, 1.54) is 43.5 Å². The highest BCUT2D eigenvalue weighted by molar-refractivity contribution is 5.85. The van der Waals surface area contributed by atoms with E-state index < -0.39 is 0 Å². The minimum atomic E-state index is 0. The summed E-state index contributed by atoms with van der Waals surface area (Å²) in [6.07, 6.45) is 4.27. The van der Waals surface area contributed by atoms with E-state index in [9.17, 15) is 0 Å². The first-order valence-corrected chi connectivity index (χ1v) is 7.76. The maximum Gasteiger partial charge on any atom is 0.0357 e. The molecule has 1 aromatic carbocycles. The van der Waals surface area contributed by atoms with Gasteiger partial charge in [0.2, 0.25) is 0 Å². The van der Waals surface area contributed by atoms with E-state index in [2.05, 4.69) is 42.3 Å². The summed E-state index contributed by atoms with van der Waals surface area (Å²) < 4.78 is 0. The fourth-order valence-electron chi connectivity index (χ4n) is 3.47. The molecule has 3 rings (SSSR count). The van der Waals surface area contributed by atoms with Crippen molar-refractivity contribution >= 4 is 24.8 Å². The Morgan fingerprint density at radius 1 is 1.10 bits per heavy atom. The summed E-state index contributed by atoms with van der Waals surface area (Å²) in [6, 6.07) is 7.41. The Labute approximate surface area is 141 Å². The molecule has 1 saturated heterocycles. The van der Waals surface area contributed by atoms with Crippen LogP contribution in [0, 0.1) is 19.8 Å². The SMILES string of the molecule is Cc1cccc(C)c1[C@H](CC1CC1)N1CCNCC1.Cl.Cl. The molecular formula is C17H28Cl2N2. The van der Waals surface area contributed by atoms with Gasteiger partial charge in [0, 0.05) is 32.2 Å². The van der Waals surface area contributed by atoms with Crippen LogP contribution in [0.2, 0.25) is 0 Å². The maximum absolute atomic E-state index is 3.48. The summed E-state index contributed by atoms with van der Waals surface area (Å²) >= 11 is 0. The molecule has 1 saturated carbocycles. The van der Waals surface area contributed by atoms with Gasteiger partial charge in [0.15, 0.2) is 0 Å². The fourth-order valence-corrected chi connectivity index (χ4v) is 3.47. The van der Waals surface area contributed by atoms with Crippen LogP contribution in [-0.4, -0.2) is 31.1 Å². The lowest BCUT2D eigenvalue weighted by Gasteiger charge is -2.37. The third-order valence-electron chi connectivity index (χ3n) is 4.72. The lowest BCUT2D eigenvalue weighted by molar-refractivity contribution is 0.159. The molecular weight excluding hydrogens is 303 g/mol. The average Bonchev–Trinajstić information content (AvgIpc) is 3.22. The molecule has 0 bridgehead atoms. The largest absolute Gasteiger partial charge is 0.314 e. The number of piperazine rings is 1. The van der Waals surface area contributed by atoms with E-state index in [0.717, 1.165) is 19.0 Å². The van der Waals surface area contributed by atoms with Gasteiger partial charge in [-0.1, -0.05) is 31.0 Å². The van der Waals surface area contributed by atoms with Crippen molar-refractivity contribution < 1.29 is 0 Å². The Morgan fingerprint density at radius 2 is 1.67 bits per heavy atom. The molecule has 1 aliphatic carbocycles. The van der Waals surface area contributed by atoms with Crippen molar-refractivity contribution in [3.8, 4) is 0 Å². The summed E-state index contributed by atoms with van der Waals surface area (Å²) in [6.45, 7) is 9.25. The molecule has 21 heavy (non-hydrogen) atoms. The Balaban J connectivity index is 0.00000110. The van der Waals surface area contributed by atoms with E-state index in [1.807, 2.05) is 0 Å². The lowest BCUT2D eigenvalue weighted by atomic mass is 9.91. The molecule has 1 N–H and O–H groups in total. The van der Waals surface area contributed by atoms with Gasteiger partial charge in [0.1, 0.15) is 0 Å². The molecule has 1 aromatic rings. The first-order valence-electron chi connectivity index (χ1n) is 7.76. The molecule has 2 nitrogen and oxygen atoms in total. The lowest BCUT2D eigenvalue weighted by Crippen LogP contribution is -2.45. The molecule has 0 aromatic heterocycles. The standard InChI is InChI=1S/C17H26N2.2ClH/c1-13-4-3-5-14(2)17(13)16(12-15-6-7-15)19-10-8-18-9-11-19;;/h3-5,15-16,18H,6-12H2,1-2H3;2*1H/t16-;;/m0../s1. The van der Waals surface area contributed by atoms with Gasteiger partial charge in [-0.3, -0.25) is 4.90 Å². The molecule has 2 fully saturated rings. The monoisotopic (exact) mass is 330 g/mol. The Hall–Kier alpha value is -0.280. The Kier molecular flexibility index (Phi) is 7.49. The normalized spacial score (nSPS) is 20.3. The van der Waals surface area contributed by atoms with Gasteiger partial charge in [-0.05, 0) is 42.9 Å². The summed E-state index contributed by atoms with van der Waals surface area (Å²) in [5, 5.41) is 3.48. The van der Waals surface area contributed by atoms with Crippen molar-refractivity contribution in [3.63, 3.8) is 0 Å². The zero-order valence-electron chi connectivity index (χ0n) is 13.1. The molecule has 1 aliphatic heterocycles. The zero-order chi connectivity index (χ0) is 13.2. The number of halogens is 2. The van der Waals surface area contributed by atoms with Crippen molar-refractivity contribution in [2.75, 3.05) is 26.2 Å². The predicted octanol–water partition coefficient (Wildman–Crippen LogP) is 3.89. The van der Waals surface area contributed by atoms with E-state index in [4.69, 9.17) is 0 Å². The molecule has 120 valence electrons. The quantitative estimate of drug-likeness (QED) is 0.900. The van der Waals surface area contributed by atoms with E-state index >= 15 is 0 Å². The van der Waals surface area contributed by atoms with Gasteiger partial charge >= 0.3 is 0 Å². The predicted molar refractivity (Wildman–Crippen MR) is 94.9 cm³/mol. The Bertz CT molecular complexity index is 420. The third kappa shape index (κ3) is 4.59. The van der Waals surface area contributed by atoms with E-state index in [0.29, 0.717) is 6.04 Å². The van der Waals surface area contributed by atoms with Gasteiger partial charge in [0.05, 0.1) is 0 Å². The highest BCUT2D eigenvalue weighted by atomic mass is 35.5. The van der Waals surface area contributed by atoms with Crippen LogP contribution >= 0.6 is 24.8 Å². The summed E-state index contributed by atoms with van der Waals surface area (Å²) in [5.74, 6) is 0.985. The number of rotatable bonds is 4. The van der Waals surface area contributed by atoms with Gasteiger partial charge in [0.25, 0.3) is 0 Å². The summed E-state index contributed by atoms with van der Waals surface area (Å²) in [7, 11) is 0. The van der Waals surface area contributed by atoms with Crippen molar-refractivity contribution in [2.24, 2.45) is 5.92 Å². The number of benzene rings is 1. The smallest absolute Gasteiger partial charge is 0.0357 e. The molecule has 1 heterocycles. The van der Waals surface area contributed by atoms with Gasteiger partial charge < -0.3 is 5.32 Å². The number of hydrogen-bond acceptors (Lipinski definition) is 2. The minimum Gasteiger partial charge on any atom is -0.314 e. The molecule has 0 amide bonds. The number of nitrogens with one attached hydrogen (secondary N) is 1. The van der Waals surface area contributed by atoms with Crippen LogP contribution in [0.15, 0.2) is 18.2 Å². The van der Waals surface area contributed by atoms with Crippen LogP contribution in [0.5, 0.6) is 0 Å². The van der Waals surface area contributed by atoms with Crippen LogP contribution in [-0.2, 0) is 0 Å². The molecule has 1 atom stereocenters. The maximum atomic E-state index is 3.48. The molecule has 4 heteroatoms. The third-order valence-corrected chi connectivity index (χ3v) is 4.72. The van der Waals surface area contributed by atoms with Crippen molar-refractivity contribution in [1.29, 1.82) is 0 Å². The van der Waals surface area contributed by atoms with Gasteiger partial charge in [-0.15, -0.1) is 24.8 Å². The molecule has 0 radical (unpaired) electrons. The first-order chi connectivity index (χ1) is 9.25. The topological polar surface area (TPSA) is 15.3 Å². The van der Waals surface area contributed by atoms with Crippen molar-refractivity contribution in [2.45, 2.75) is 39.2 Å². The van der Waals surface area contributed by atoms with Crippen LogP contribution < -0.4 is 5.32 Å². The summed E-state index contributed by atoms with van der Waals surface area (Å²) in [5.41, 5.74) is 4.56. The number of hydrogen-bond donors (Lipinski definition) is 1. The second kappa shape index (κ2) is 8.38. The van der Waals surface area contributed by atoms with E-state index in [-0.39, 0.29) is 24.8 Å². The average molecular weight is 331 g/mol. The van der Waals surface area contributed by atoms with Crippen LogP contribution in [0.1, 0.15) is 42.0 Å². The van der Waals surface area contributed by atoms with Crippen molar-refractivity contribution in [3.05, 3.63) is 34.9 Å². The van der Waals surface area contributed by atoms with Crippen molar-refractivity contribution in [1.82, 2.24) is 10.2 Å². The first kappa shape index (κ1) is 18.8. The van der Waals surface area contributed by atoms with Crippen LogP contribution in [0.3, 0.4) is 0 Å². The van der Waals surface area contributed by atoms with Gasteiger partial charge in [-0.2, -0.15) is 0 Å². The molecule has 2 aliphatic rings. The molecule has 0 spiro atoms. The Morgan fingerprint density at radius 3 is 2.19 bits per heavy atom. The number of aryl methyl sites for hydroxylation is 2. The van der Waals surface area contributed by atoms with E-state index in [1.54, 1.807) is 5.56 Å². The van der Waals surface area contributed by atoms with Crippen LogP contribution in [0.4, 0.5) is 0 Å². The highest BCUT2D eigenvalue weighted by Gasteiger charge is 2.31. The fraction of sp³-hybridized carbons (Fsp3) is 0.647. The second-order valence-corrected chi connectivity index (χ2v) is 6.29. The van der Waals surface area contributed by atoms with Crippen LogP contribution in [0.25, 0.3) is 0 Å².